The van der Waals surface area contributed by atoms with Crippen LogP contribution in [0.5, 0.6) is 0 Å². The van der Waals surface area contributed by atoms with Crippen molar-refractivity contribution in [2.45, 2.75) is 0 Å². The highest BCUT2D eigenvalue weighted by molar-refractivity contribution is 4.26. The Morgan fingerprint density at radius 1 is 0.533 bits per heavy atom. The number of rotatable bonds is 12. The summed E-state index contributed by atoms with van der Waals surface area (Å²) in [6.07, 6.45) is 0. The molecule has 0 radical (unpaired) electrons. The lowest BCUT2D eigenvalue weighted by Gasteiger charge is -2.06. The summed E-state index contributed by atoms with van der Waals surface area (Å²) >= 11 is 0. The van der Waals surface area contributed by atoms with Gasteiger partial charge in [-0.25, -0.2) is 0 Å². The smallest absolute Gasteiger partial charge is 0.146 e. The molecule has 0 amide bonds. The number of methoxy groups -OCH3 is 2. The zero-order valence-electron chi connectivity index (χ0n) is 9.40. The number of hydrogen-bond acceptors (Lipinski definition) is 6. The molecule has 0 aromatic rings. The average Bonchev–Trinajstić information content (AvgIpc) is 2.26. The van der Waals surface area contributed by atoms with Crippen molar-refractivity contribution in [2.75, 3.05) is 61.0 Å². The molecule has 6 heteroatoms. The Kier molecular flexibility index (Phi) is 13.5. The lowest BCUT2D eigenvalue weighted by molar-refractivity contribution is -0.108. The number of ether oxygens (including phenoxy) is 6. The lowest BCUT2D eigenvalue weighted by Crippen LogP contribution is -2.11. The van der Waals surface area contributed by atoms with Crippen LogP contribution in [0, 0.1) is 0 Å². The van der Waals surface area contributed by atoms with Gasteiger partial charge < -0.3 is 28.4 Å². The molecule has 0 saturated carbocycles. The second-order valence-electron chi connectivity index (χ2n) is 2.56. The molecule has 6 nitrogen and oxygen atoms in total. The second-order valence-corrected chi connectivity index (χ2v) is 2.56. The van der Waals surface area contributed by atoms with E-state index in [-0.39, 0.29) is 20.4 Å². The van der Waals surface area contributed by atoms with Crippen LogP contribution in [-0.4, -0.2) is 61.0 Å². The van der Waals surface area contributed by atoms with Gasteiger partial charge in [0, 0.05) is 14.2 Å². The molecule has 0 rings (SSSR count). The average molecular weight is 224 g/mol. The van der Waals surface area contributed by atoms with Crippen LogP contribution in [0.2, 0.25) is 0 Å². The first-order valence-electron chi connectivity index (χ1n) is 4.70. The zero-order chi connectivity index (χ0) is 11.2. The molecule has 0 fully saturated rings. The zero-order valence-corrected chi connectivity index (χ0v) is 9.40. The van der Waals surface area contributed by atoms with E-state index in [1.54, 1.807) is 14.2 Å². The quantitative estimate of drug-likeness (QED) is 0.349. The molecule has 92 valence electrons. The van der Waals surface area contributed by atoms with Gasteiger partial charge in [-0.1, -0.05) is 0 Å². The SMILES string of the molecule is COCOCCOCOCCOCOC. The monoisotopic (exact) mass is 224 g/mol. The molecule has 0 aliphatic heterocycles. The van der Waals surface area contributed by atoms with Crippen LogP contribution >= 0.6 is 0 Å². The first kappa shape index (κ1) is 14.8. The molecule has 0 N–H and O–H groups in total. The molecule has 0 bridgehead atoms. The maximum atomic E-state index is 5.10. The van der Waals surface area contributed by atoms with Gasteiger partial charge in [-0.3, -0.25) is 0 Å². The minimum atomic E-state index is 0.243. The molecular weight excluding hydrogens is 204 g/mol. The fourth-order valence-electron chi connectivity index (χ4n) is 0.697. The van der Waals surface area contributed by atoms with Crippen molar-refractivity contribution < 1.29 is 28.4 Å². The summed E-state index contributed by atoms with van der Waals surface area (Å²) in [5.41, 5.74) is 0. The molecule has 0 unspecified atom stereocenters. The van der Waals surface area contributed by atoms with E-state index in [1.807, 2.05) is 0 Å². The maximum Gasteiger partial charge on any atom is 0.146 e. The van der Waals surface area contributed by atoms with E-state index in [9.17, 15) is 0 Å². The van der Waals surface area contributed by atoms with Gasteiger partial charge in [-0.2, -0.15) is 0 Å². The largest absolute Gasteiger partial charge is 0.359 e. The third kappa shape index (κ3) is 13.8. The Labute approximate surface area is 90.3 Å². The van der Waals surface area contributed by atoms with Gasteiger partial charge in [0.2, 0.25) is 0 Å². The van der Waals surface area contributed by atoms with Crippen molar-refractivity contribution in [1.82, 2.24) is 0 Å². The van der Waals surface area contributed by atoms with Crippen LogP contribution in [0.4, 0.5) is 0 Å². The Hall–Kier alpha value is -0.240. The molecule has 0 spiro atoms. The molecule has 0 heterocycles. The molecule has 0 atom stereocenters. The topological polar surface area (TPSA) is 55.4 Å². The van der Waals surface area contributed by atoms with E-state index < -0.39 is 0 Å². The van der Waals surface area contributed by atoms with Gasteiger partial charge in [0.25, 0.3) is 0 Å². The van der Waals surface area contributed by atoms with E-state index >= 15 is 0 Å². The van der Waals surface area contributed by atoms with Gasteiger partial charge in [-0.05, 0) is 0 Å². The van der Waals surface area contributed by atoms with Crippen molar-refractivity contribution in [3.8, 4) is 0 Å². The van der Waals surface area contributed by atoms with E-state index in [1.165, 1.54) is 0 Å². The first-order chi connectivity index (χ1) is 7.41. The van der Waals surface area contributed by atoms with E-state index in [2.05, 4.69) is 9.47 Å². The summed E-state index contributed by atoms with van der Waals surface area (Å²) in [5, 5.41) is 0. The van der Waals surface area contributed by atoms with Crippen molar-refractivity contribution >= 4 is 0 Å². The van der Waals surface area contributed by atoms with Crippen LogP contribution in [0.25, 0.3) is 0 Å². The molecule has 0 aromatic carbocycles. The Bertz CT molecular complexity index is 98.8. The first-order valence-corrected chi connectivity index (χ1v) is 4.70. The van der Waals surface area contributed by atoms with Gasteiger partial charge >= 0.3 is 0 Å². The molecule has 0 aliphatic carbocycles. The molecule has 0 aliphatic rings. The van der Waals surface area contributed by atoms with Crippen molar-refractivity contribution in [3.63, 3.8) is 0 Å². The van der Waals surface area contributed by atoms with Crippen LogP contribution in [-0.2, 0) is 28.4 Å². The highest BCUT2D eigenvalue weighted by Crippen LogP contribution is 1.82. The lowest BCUT2D eigenvalue weighted by atomic mass is 10.8. The summed E-state index contributed by atoms with van der Waals surface area (Å²) in [4.78, 5) is 0. The van der Waals surface area contributed by atoms with Gasteiger partial charge in [0.15, 0.2) is 0 Å². The van der Waals surface area contributed by atoms with Crippen LogP contribution < -0.4 is 0 Å². The second kappa shape index (κ2) is 13.8. The minimum Gasteiger partial charge on any atom is -0.359 e. The van der Waals surface area contributed by atoms with E-state index in [0.717, 1.165) is 0 Å². The summed E-state index contributed by atoms with van der Waals surface area (Å²) in [6, 6.07) is 0. The minimum absolute atomic E-state index is 0.243. The van der Waals surface area contributed by atoms with Gasteiger partial charge in [0.1, 0.15) is 20.4 Å². The van der Waals surface area contributed by atoms with Crippen LogP contribution in [0.1, 0.15) is 0 Å². The molecular formula is C9H20O6. The molecule has 0 aromatic heterocycles. The Morgan fingerprint density at radius 2 is 0.867 bits per heavy atom. The predicted octanol–water partition coefficient (Wildman–Crippen LogP) is 0.218. The highest BCUT2D eigenvalue weighted by Gasteiger charge is 1.90. The van der Waals surface area contributed by atoms with Crippen LogP contribution in [0.15, 0.2) is 0 Å². The van der Waals surface area contributed by atoms with Crippen molar-refractivity contribution in [3.05, 3.63) is 0 Å². The Morgan fingerprint density at radius 3 is 1.20 bits per heavy atom. The van der Waals surface area contributed by atoms with E-state index in [0.29, 0.717) is 26.4 Å². The Balaban J connectivity index is 2.81. The van der Waals surface area contributed by atoms with Crippen molar-refractivity contribution in [2.24, 2.45) is 0 Å². The molecule has 15 heavy (non-hydrogen) atoms. The predicted molar refractivity (Wildman–Crippen MR) is 52.4 cm³/mol. The summed E-state index contributed by atoms with van der Waals surface area (Å²) < 4.78 is 29.6. The standard InChI is InChI=1S/C9H20O6/c1-10-7-12-3-5-14-9-15-6-4-13-8-11-2/h3-9H2,1-2H3. The summed E-state index contributed by atoms with van der Waals surface area (Å²) in [5.74, 6) is 0. The van der Waals surface area contributed by atoms with E-state index in [4.69, 9.17) is 18.9 Å². The third-order valence-electron chi connectivity index (χ3n) is 1.31. The van der Waals surface area contributed by atoms with Gasteiger partial charge in [-0.15, -0.1) is 0 Å². The van der Waals surface area contributed by atoms with Gasteiger partial charge in [0.05, 0.1) is 26.4 Å². The number of hydrogen-bond donors (Lipinski definition) is 0. The fourth-order valence-corrected chi connectivity index (χ4v) is 0.697. The molecule has 0 saturated heterocycles. The third-order valence-corrected chi connectivity index (χ3v) is 1.31. The fraction of sp³-hybridized carbons (Fsp3) is 1.00. The maximum absolute atomic E-state index is 5.10. The normalized spacial score (nSPS) is 10.8. The van der Waals surface area contributed by atoms with Crippen molar-refractivity contribution in [1.29, 1.82) is 0 Å². The summed E-state index contributed by atoms with van der Waals surface area (Å²) in [6.45, 7) is 2.79. The summed E-state index contributed by atoms with van der Waals surface area (Å²) in [7, 11) is 3.15. The highest BCUT2D eigenvalue weighted by atomic mass is 16.7. The van der Waals surface area contributed by atoms with Crippen LogP contribution in [0.3, 0.4) is 0 Å².